The van der Waals surface area contributed by atoms with Gasteiger partial charge in [-0.1, -0.05) is 42.7 Å². The van der Waals surface area contributed by atoms with Crippen molar-refractivity contribution < 1.29 is 18.7 Å². The van der Waals surface area contributed by atoms with Crippen molar-refractivity contribution in [3.05, 3.63) is 34.9 Å². The van der Waals surface area contributed by atoms with Crippen molar-refractivity contribution in [2.24, 2.45) is 5.16 Å². The van der Waals surface area contributed by atoms with E-state index in [0.717, 1.165) is 35.9 Å². The minimum Gasteiger partial charge on any atom is -1.00 e. The van der Waals surface area contributed by atoms with Crippen LogP contribution in [0, 0.1) is 0 Å². The molecule has 0 radical (unpaired) electrons. The van der Waals surface area contributed by atoms with E-state index in [2.05, 4.69) is 23.9 Å². The highest BCUT2D eigenvalue weighted by Gasteiger charge is 2.00. The molecule has 1 rings (SSSR count). The number of likely N-dealkylation sites (N-methyl/N-ethyl adjacent to an activating group) is 1. The van der Waals surface area contributed by atoms with Crippen LogP contribution in [-0.2, 0) is 4.84 Å². The van der Waals surface area contributed by atoms with E-state index < -0.39 is 0 Å². The number of halogens is 2. The summed E-state index contributed by atoms with van der Waals surface area (Å²) in [5.74, 6) is 0. The summed E-state index contributed by atoms with van der Waals surface area (Å²) in [4.78, 5) is 7.63. The van der Waals surface area contributed by atoms with Gasteiger partial charge in [0.05, 0.1) is 5.71 Å². The Balaban J connectivity index is 0. The molecule has 0 aliphatic carbocycles. The number of rotatable bonds is 7. The highest BCUT2D eigenvalue weighted by molar-refractivity contribution is 6.30. The van der Waals surface area contributed by atoms with Crippen LogP contribution < -0.4 is 12.4 Å². The number of hydrogen-bond acceptors (Lipinski definition) is 3. The van der Waals surface area contributed by atoms with Crippen LogP contribution >= 0.6 is 11.6 Å². The van der Waals surface area contributed by atoms with Crippen LogP contribution in [0.5, 0.6) is 0 Å². The smallest absolute Gasteiger partial charge is 1.00 e. The van der Waals surface area contributed by atoms with Crippen molar-refractivity contribution in [1.82, 2.24) is 4.90 Å². The molecule has 0 unspecified atom stereocenters. The Morgan fingerprint density at radius 1 is 1.26 bits per heavy atom. The fourth-order valence-corrected chi connectivity index (χ4v) is 1.72. The van der Waals surface area contributed by atoms with E-state index in [1.807, 2.05) is 31.2 Å². The van der Waals surface area contributed by atoms with Gasteiger partial charge in [0.1, 0.15) is 6.61 Å². The predicted octanol–water partition coefficient (Wildman–Crippen LogP) is 0.539. The Labute approximate surface area is 128 Å². The van der Waals surface area contributed by atoms with Crippen molar-refractivity contribution in [2.45, 2.75) is 20.8 Å². The van der Waals surface area contributed by atoms with E-state index in [0.29, 0.717) is 6.61 Å². The lowest BCUT2D eigenvalue weighted by Crippen LogP contribution is -3.00. The Morgan fingerprint density at radius 3 is 2.37 bits per heavy atom. The molecule has 0 aliphatic rings. The summed E-state index contributed by atoms with van der Waals surface area (Å²) in [6.45, 7) is 9.83. The molecule has 0 N–H and O–H groups in total. The first-order chi connectivity index (χ1) is 8.67. The van der Waals surface area contributed by atoms with Gasteiger partial charge >= 0.3 is 1.43 Å². The van der Waals surface area contributed by atoms with E-state index in [1.165, 1.54) is 0 Å². The Kier molecular flexibility index (Phi) is 9.66. The Bertz CT molecular complexity index is 381. The van der Waals surface area contributed by atoms with Crippen molar-refractivity contribution >= 4 is 17.3 Å². The second-order valence-electron chi connectivity index (χ2n) is 4.04. The van der Waals surface area contributed by atoms with Crippen molar-refractivity contribution in [3.63, 3.8) is 0 Å². The molecular weight excluding hydrogens is 283 g/mol. The fraction of sp³-hybridized carbons (Fsp3) is 0.500. The summed E-state index contributed by atoms with van der Waals surface area (Å²) in [5.41, 5.74) is 1.90. The van der Waals surface area contributed by atoms with Crippen LogP contribution in [0.1, 0.15) is 27.8 Å². The number of nitrogens with zero attached hydrogens (tertiary/aromatic N) is 2. The molecular formula is C14H22Cl2N2O. The molecule has 0 atom stereocenters. The van der Waals surface area contributed by atoms with Crippen LogP contribution in [0.25, 0.3) is 0 Å². The minimum absolute atomic E-state index is 0. The van der Waals surface area contributed by atoms with E-state index in [1.54, 1.807) is 0 Å². The topological polar surface area (TPSA) is 24.8 Å². The molecule has 1 aromatic carbocycles. The normalized spacial score (nSPS) is 11.3. The van der Waals surface area contributed by atoms with Gasteiger partial charge in [0.25, 0.3) is 0 Å². The molecule has 5 heteroatoms. The zero-order chi connectivity index (χ0) is 13.4. The van der Waals surface area contributed by atoms with Crippen molar-refractivity contribution in [1.29, 1.82) is 0 Å². The molecule has 108 valence electrons. The molecule has 0 saturated carbocycles. The highest BCUT2D eigenvalue weighted by Crippen LogP contribution is 2.10. The molecule has 0 fully saturated rings. The lowest BCUT2D eigenvalue weighted by Gasteiger charge is -2.16. The molecule has 1 aromatic rings. The largest absolute Gasteiger partial charge is 1.00 e. The average molecular weight is 305 g/mol. The lowest BCUT2D eigenvalue weighted by molar-refractivity contribution is -0.00000421. The van der Waals surface area contributed by atoms with Crippen LogP contribution in [-0.4, -0.2) is 36.9 Å². The first-order valence-corrected chi connectivity index (χ1v) is 6.70. The van der Waals surface area contributed by atoms with E-state index >= 15 is 0 Å². The Morgan fingerprint density at radius 2 is 1.84 bits per heavy atom. The Hall–Kier alpha value is -0.770. The van der Waals surface area contributed by atoms with Crippen LogP contribution in [0.4, 0.5) is 0 Å². The molecule has 19 heavy (non-hydrogen) atoms. The predicted molar refractivity (Wildman–Crippen MR) is 78.5 cm³/mol. The summed E-state index contributed by atoms with van der Waals surface area (Å²) in [7, 11) is 0. The van der Waals surface area contributed by atoms with Gasteiger partial charge in [-0.25, -0.2) is 0 Å². The third-order valence-electron chi connectivity index (χ3n) is 2.86. The summed E-state index contributed by atoms with van der Waals surface area (Å²) in [6, 6.07) is 7.58. The molecule has 0 amide bonds. The third kappa shape index (κ3) is 6.81. The molecule has 0 saturated heterocycles. The molecule has 3 nitrogen and oxygen atoms in total. The number of oxime groups is 1. The van der Waals surface area contributed by atoms with Gasteiger partial charge in [0.2, 0.25) is 0 Å². The maximum atomic E-state index is 5.83. The summed E-state index contributed by atoms with van der Waals surface area (Å²) in [6.07, 6.45) is 0. The van der Waals surface area contributed by atoms with Gasteiger partial charge < -0.3 is 22.1 Å². The zero-order valence-corrected chi connectivity index (χ0v) is 13.2. The quantitative estimate of drug-likeness (QED) is 0.417. The van der Waals surface area contributed by atoms with E-state index in [4.69, 9.17) is 16.4 Å². The minimum atomic E-state index is 0. The van der Waals surface area contributed by atoms with Crippen LogP contribution in [0.15, 0.2) is 29.4 Å². The van der Waals surface area contributed by atoms with Gasteiger partial charge in [-0.2, -0.15) is 0 Å². The van der Waals surface area contributed by atoms with Gasteiger partial charge in [0.15, 0.2) is 0 Å². The first-order valence-electron chi connectivity index (χ1n) is 6.32. The van der Waals surface area contributed by atoms with Gasteiger partial charge in [-0.3, -0.25) is 0 Å². The van der Waals surface area contributed by atoms with Gasteiger partial charge in [0, 0.05) is 11.6 Å². The number of benzene rings is 1. The van der Waals surface area contributed by atoms with Crippen LogP contribution in [0.2, 0.25) is 5.02 Å². The van der Waals surface area contributed by atoms with Gasteiger partial charge in [-0.05, 0) is 37.7 Å². The lowest BCUT2D eigenvalue weighted by atomic mass is 10.1. The third-order valence-corrected chi connectivity index (χ3v) is 3.11. The highest BCUT2D eigenvalue weighted by atomic mass is 35.5. The summed E-state index contributed by atoms with van der Waals surface area (Å²) in [5, 5.41) is 4.84. The monoisotopic (exact) mass is 304 g/mol. The molecule has 0 aliphatic heterocycles. The maximum absolute atomic E-state index is 5.83. The maximum Gasteiger partial charge on any atom is 1.00 e. The molecule has 0 bridgehead atoms. The average Bonchev–Trinajstić information content (AvgIpc) is 2.39. The SMILES string of the molecule is CCN(CC)CCO/N=C(\C)c1ccc(Cl)cc1.[Cl-].[H+]. The van der Waals surface area contributed by atoms with Crippen molar-refractivity contribution in [3.8, 4) is 0 Å². The molecule has 0 spiro atoms. The van der Waals surface area contributed by atoms with Crippen LogP contribution in [0.3, 0.4) is 0 Å². The first kappa shape index (κ1) is 18.2. The fourth-order valence-electron chi connectivity index (χ4n) is 1.60. The van der Waals surface area contributed by atoms with E-state index in [9.17, 15) is 0 Å². The summed E-state index contributed by atoms with van der Waals surface area (Å²) >= 11 is 5.83. The standard InChI is InChI=1S/C14H21ClN2O.ClH/c1-4-17(5-2)10-11-18-16-12(3)13-6-8-14(15)9-7-13;/h6-9H,4-5,10-11H2,1-3H3;1H/b16-12+;. The van der Waals surface area contributed by atoms with Crippen molar-refractivity contribution in [2.75, 3.05) is 26.2 Å². The summed E-state index contributed by atoms with van der Waals surface area (Å²) < 4.78 is 0. The molecule has 0 heterocycles. The molecule has 0 aromatic heterocycles. The van der Waals surface area contributed by atoms with Gasteiger partial charge in [-0.15, -0.1) is 0 Å². The zero-order valence-electron chi connectivity index (χ0n) is 12.7. The van der Waals surface area contributed by atoms with E-state index in [-0.39, 0.29) is 13.8 Å². The number of hydrogen-bond donors (Lipinski definition) is 0. The second-order valence-corrected chi connectivity index (χ2v) is 4.48. The second kappa shape index (κ2) is 10.1.